The van der Waals surface area contributed by atoms with E-state index in [1.54, 1.807) is 6.92 Å². The number of aryl methyl sites for hydroxylation is 2. The van der Waals surface area contributed by atoms with E-state index in [1.165, 1.54) is 17.8 Å². The average molecular weight is 226 g/mol. The van der Waals surface area contributed by atoms with E-state index in [0.717, 1.165) is 0 Å². The second kappa shape index (κ2) is 3.20. The van der Waals surface area contributed by atoms with E-state index >= 15 is 0 Å². The van der Waals surface area contributed by atoms with E-state index in [4.69, 9.17) is 11.6 Å². The molecule has 0 saturated carbocycles. The highest BCUT2D eigenvalue weighted by molar-refractivity contribution is 6.35. The Morgan fingerprint density at radius 3 is 2.80 bits per heavy atom. The van der Waals surface area contributed by atoms with Gasteiger partial charge in [-0.3, -0.25) is 14.3 Å². The van der Waals surface area contributed by atoms with Gasteiger partial charge in [0.15, 0.2) is 5.65 Å². The minimum Gasteiger partial charge on any atom is -0.281 e. The molecule has 0 bridgehead atoms. The van der Waals surface area contributed by atoms with Crippen molar-refractivity contribution in [2.45, 2.75) is 6.92 Å². The SMILES string of the molecule is Cc1cnc2c(c1Cl)c(=O)[nH]c(=O)n2C. The normalized spacial score (nSPS) is 10.9. The van der Waals surface area contributed by atoms with Gasteiger partial charge in [-0.15, -0.1) is 0 Å². The maximum Gasteiger partial charge on any atom is 0.329 e. The van der Waals surface area contributed by atoms with Crippen molar-refractivity contribution in [3.8, 4) is 0 Å². The minimum atomic E-state index is -0.505. The summed E-state index contributed by atoms with van der Waals surface area (Å²) in [5.74, 6) is 0. The Kier molecular flexibility index (Phi) is 2.12. The number of nitrogens with one attached hydrogen (secondary N) is 1. The number of H-pyrrole nitrogens is 1. The molecule has 0 spiro atoms. The Balaban J connectivity index is 3.17. The number of aromatic nitrogens is 3. The van der Waals surface area contributed by atoms with Gasteiger partial charge in [-0.25, -0.2) is 9.78 Å². The van der Waals surface area contributed by atoms with Gasteiger partial charge in [0, 0.05) is 13.2 Å². The van der Waals surface area contributed by atoms with Crippen LogP contribution in [0.15, 0.2) is 15.8 Å². The zero-order valence-corrected chi connectivity index (χ0v) is 8.92. The number of hydrogen-bond acceptors (Lipinski definition) is 3. The molecule has 0 aliphatic rings. The summed E-state index contributed by atoms with van der Waals surface area (Å²) in [5, 5.41) is 0.579. The van der Waals surface area contributed by atoms with E-state index in [1.807, 2.05) is 0 Å². The molecule has 0 radical (unpaired) electrons. The molecule has 2 heterocycles. The van der Waals surface area contributed by atoms with Crippen molar-refractivity contribution in [2.75, 3.05) is 0 Å². The number of halogens is 1. The molecular weight excluding hydrogens is 218 g/mol. The molecule has 78 valence electrons. The predicted molar refractivity (Wildman–Crippen MR) is 57.4 cm³/mol. The largest absolute Gasteiger partial charge is 0.329 e. The summed E-state index contributed by atoms with van der Waals surface area (Å²) in [6, 6.07) is 0. The number of rotatable bonds is 0. The fourth-order valence-electron chi connectivity index (χ4n) is 1.37. The summed E-state index contributed by atoms with van der Waals surface area (Å²) >= 11 is 5.98. The number of hydrogen-bond donors (Lipinski definition) is 1. The third-order valence-electron chi connectivity index (χ3n) is 2.24. The predicted octanol–water partition coefficient (Wildman–Crippen LogP) is 0.584. The number of aromatic amines is 1. The second-order valence-corrected chi connectivity index (χ2v) is 3.65. The molecule has 15 heavy (non-hydrogen) atoms. The summed E-state index contributed by atoms with van der Waals surface area (Å²) < 4.78 is 1.25. The van der Waals surface area contributed by atoms with E-state index in [9.17, 15) is 9.59 Å². The molecular formula is C9H8ClN3O2. The Bertz CT molecular complexity index is 657. The molecule has 2 aromatic heterocycles. The Morgan fingerprint density at radius 2 is 2.13 bits per heavy atom. The molecule has 0 aliphatic heterocycles. The molecule has 5 nitrogen and oxygen atoms in total. The van der Waals surface area contributed by atoms with Crippen LogP contribution >= 0.6 is 11.6 Å². The molecule has 1 N–H and O–H groups in total. The van der Waals surface area contributed by atoms with Crippen LogP contribution in [0.25, 0.3) is 11.0 Å². The van der Waals surface area contributed by atoms with Crippen LogP contribution < -0.4 is 11.2 Å². The zero-order chi connectivity index (χ0) is 11.2. The molecule has 0 amide bonds. The lowest BCUT2D eigenvalue weighted by Gasteiger charge is -2.05. The highest BCUT2D eigenvalue weighted by atomic mass is 35.5. The van der Waals surface area contributed by atoms with Crippen molar-refractivity contribution in [3.05, 3.63) is 37.6 Å². The fourth-order valence-corrected chi connectivity index (χ4v) is 1.59. The molecule has 0 aromatic carbocycles. The van der Waals surface area contributed by atoms with Gasteiger partial charge < -0.3 is 0 Å². The summed E-state index contributed by atoms with van der Waals surface area (Å²) in [7, 11) is 1.53. The van der Waals surface area contributed by atoms with Crippen molar-refractivity contribution in [1.82, 2.24) is 14.5 Å². The highest BCUT2D eigenvalue weighted by Gasteiger charge is 2.10. The van der Waals surface area contributed by atoms with Crippen LogP contribution in [-0.2, 0) is 7.05 Å². The zero-order valence-electron chi connectivity index (χ0n) is 8.17. The van der Waals surface area contributed by atoms with E-state index in [2.05, 4.69) is 9.97 Å². The van der Waals surface area contributed by atoms with Gasteiger partial charge in [-0.1, -0.05) is 11.6 Å². The van der Waals surface area contributed by atoms with Crippen LogP contribution in [0.2, 0.25) is 5.02 Å². The maximum atomic E-state index is 11.5. The molecule has 0 aliphatic carbocycles. The van der Waals surface area contributed by atoms with Crippen LogP contribution in [0, 0.1) is 6.92 Å². The van der Waals surface area contributed by atoms with Crippen molar-refractivity contribution >= 4 is 22.6 Å². The smallest absolute Gasteiger partial charge is 0.281 e. The van der Waals surface area contributed by atoms with Crippen molar-refractivity contribution in [2.24, 2.45) is 7.05 Å². The van der Waals surface area contributed by atoms with Crippen molar-refractivity contribution in [1.29, 1.82) is 0 Å². The number of nitrogens with zero attached hydrogens (tertiary/aromatic N) is 2. The minimum absolute atomic E-state index is 0.249. The Labute approximate surface area is 89.3 Å². The molecule has 6 heteroatoms. The number of fused-ring (bicyclic) bond motifs is 1. The lowest BCUT2D eigenvalue weighted by molar-refractivity contribution is 0.828. The average Bonchev–Trinajstić information content (AvgIpc) is 2.18. The quantitative estimate of drug-likeness (QED) is 0.713. The number of pyridine rings is 1. The summed E-state index contributed by atoms with van der Waals surface area (Å²) in [6.07, 6.45) is 1.53. The molecule has 0 saturated heterocycles. The summed E-state index contributed by atoms with van der Waals surface area (Å²) in [6.45, 7) is 1.75. The fraction of sp³-hybridized carbons (Fsp3) is 0.222. The Morgan fingerprint density at radius 1 is 1.47 bits per heavy atom. The van der Waals surface area contributed by atoms with Gasteiger partial charge in [-0.05, 0) is 12.5 Å². The van der Waals surface area contributed by atoms with Gasteiger partial charge in [0.25, 0.3) is 5.56 Å². The van der Waals surface area contributed by atoms with Gasteiger partial charge in [0.2, 0.25) is 0 Å². The molecule has 0 atom stereocenters. The van der Waals surface area contributed by atoms with Crippen LogP contribution in [0.3, 0.4) is 0 Å². The molecule has 0 unspecified atom stereocenters. The van der Waals surface area contributed by atoms with Crippen molar-refractivity contribution < 1.29 is 0 Å². The van der Waals surface area contributed by atoms with Gasteiger partial charge in [-0.2, -0.15) is 0 Å². The van der Waals surface area contributed by atoms with Crippen molar-refractivity contribution in [3.63, 3.8) is 0 Å². The lowest BCUT2D eigenvalue weighted by Crippen LogP contribution is -2.29. The maximum absolute atomic E-state index is 11.5. The highest BCUT2D eigenvalue weighted by Crippen LogP contribution is 2.20. The molecule has 2 aromatic rings. The first-order valence-corrected chi connectivity index (χ1v) is 4.64. The third kappa shape index (κ3) is 1.35. The lowest BCUT2D eigenvalue weighted by atomic mass is 10.2. The Hall–Kier alpha value is -1.62. The third-order valence-corrected chi connectivity index (χ3v) is 2.73. The summed E-state index contributed by atoms with van der Waals surface area (Å²) in [4.78, 5) is 29.0. The van der Waals surface area contributed by atoms with Crippen LogP contribution in [-0.4, -0.2) is 14.5 Å². The van der Waals surface area contributed by atoms with Crippen LogP contribution in [0.5, 0.6) is 0 Å². The van der Waals surface area contributed by atoms with Gasteiger partial charge in [0.1, 0.15) is 5.39 Å². The topological polar surface area (TPSA) is 67.8 Å². The van der Waals surface area contributed by atoms with E-state index in [-0.39, 0.29) is 5.39 Å². The first-order chi connectivity index (χ1) is 7.02. The van der Waals surface area contributed by atoms with E-state index in [0.29, 0.717) is 16.2 Å². The standard InChI is InChI=1S/C9H8ClN3O2/c1-4-3-11-7-5(6(4)10)8(14)12-9(15)13(7)2/h3H,1-2H3,(H,12,14,15). The first kappa shape index (κ1) is 9.92. The van der Waals surface area contributed by atoms with E-state index < -0.39 is 11.2 Å². The van der Waals surface area contributed by atoms with Gasteiger partial charge in [0.05, 0.1) is 5.02 Å². The second-order valence-electron chi connectivity index (χ2n) is 3.27. The molecule has 0 fully saturated rings. The molecule has 2 rings (SSSR count). The van der Waals surface area contributed by atoms with Crippen LogP contribution in [0.1, 0.15) is 5.56 Å². The van der Waals surface area contributed by atoms with Gasteiger partial charge >= 0.3 is 5.69 Å². The van der Waals surface area contributed by atoms with Crippen LogP contribution in [0.4, 0.5) is 0 Å². The monoisotopic (exact) mass is 225 g/mol. The first-order valence-electron chi connectivity index (χ1n) is 4.26. The summed E-state index contributed by atoms with van der Waals surface area (Å²) in [5.41, 5.74) is -0.0121.